The van der Waals surface area contributed by atoms with Gasteiger partial charge in [-0.25, -0.2) is 9.59 Å². The van der Waals surface area contributed by atoms with Crippen LogP contribution in [0.15, 0.2) is 30.3 Å². The summed E-state index contributed by atoms with van der Waals surface area (Å²) in [6, 6.07) is 7.18. The number of benzene rings is 1. The van der Waals surface area contributed by atoms with Gasteiger partial charge in [0.2, 0.25) is 11.8 Å². The minimum atomic E-state index is -1.00. The van der Waals surface area contributed by atoms with Gasteiger partial charge in [-0.2, -0.15) is 0 Å². The fourth-order valence-electron chi connectivity index (χ4n) is 2.94. The number of nitrogens with one attached hydrogen (secondary N) is 4. The Morgan fingerprint density at radius 3 is 2.08 bits per heavy atom. The lowest BCUT2D eigenvalue weighted by Gasteiger charge is -2.22. The predicted octanol–water partition coefficient (Wildman–Crippen LogP) is 2.04. The van der Waals surface area contributed by atoms with Gasteiger partial charge in [-0.3, -0.25) is 14.4 Å². The van der Waals surface area contributed by atoms with E-state index in [0.717, 1.165) is 5.56 Å². The molecular weight excluding hydrogens is 468 g/mol. The quantitative estimate of drug-likeness (QED) is 0.338. The average molecular weight is 507 g/mol. The van der Waals surface area contributed by atoms with Crippen molar-refractivity contribution in [3.8, 4) is 0 Å². The summed E-state index contributed by atoms with van der Waals surface area (Å²) in [5.74, 6) is -1.51. The van der Waals surface area contributed by atoms with Crippen LogP contribution in [0.2, 0.25) is 0 Å². The van der Waals surface area contributed by atoms with Gasteiger partial charge in [-0.15, -0.1) is 0 Å². The monoisotopic (exact) mass is 506 g/mol. The van der Waals surface area contributed by atoms with Crippen molar-refractivity contribution in [1.29, 1.82) is 0 Å². The number of Topliss-reactive ketones (excluding diaryl/α,β-unsaturated/α-hetero) is 1. The van der Waals surface area contributed by atoms with Crippen molar-refractivity contribution in [2.75, 3.05) is 13.1 Å². The molecule has 0 saturated heterocycles. The molecule has 1 rings (SSSR count). The molecule has 200 valence electrons. The zero-order valence-electron chi connectivity index (χ0n) is 21.8. The molecule has 4 N–H and O–H groups in total. The highest BCUT2D eigenvalue weighted by Crippen LogP contribution is 2.07. The summed E-state index contributed by atoms with van der Waals surface area (Å²) < 4.78 is 10.3. The molecule has 1 aromatic rings. The molecule has 2 unspecified atom stereocenters. The first-order valence-electron chi connectivity index (χ1n) is 11.8. The Morgan fingerprint density at radius 1 is 0.889 bits per heavy atom. The Kier molecular flexibility index (Phi) is 12.4. The van der Waals surface area contributed by atoms with Crippen LogP contribution in [0.3, 0.4) is 0 Å². The minimum absolute atomic E-state index is 0.0505. The third kappa shape index (κ3) is 13.3. The van der Waals surface area contributed by atoms with E-state index in [4.69, 9.17) is 9.47 Å². The number of amides is 4. The van der Waals surface area contributed by atoms with E-state index in [1.165, 1.54) is 6.92 Å². The van der Waals surface area contributed by atoms with Crippen LogP contribution in [0.5, 0.6) is 0 Å². The number of carbonyl (C=O) groups excluding carboxylic acids is 5. The van der Waals surface area contributed by atoms with Gasteiger partial charge in [0, 0.05) is 6.54 Å². The largest absolute Gasteiger partial charge is 0.445 e. The lowest BCUT2D eigenvalue weighted by Crippen LogP contribution is -2.53. The molecule has 0 aliphatic heterocycles. The van der Waals surface area contributed by atoms with Crippen molar-refractivity contribution in [3.63, 3.8) is 0 Å². The van der Waals surface area contributed by atoms with Crippen molar-refractivity contribution in [2.45, 2.75) is 72.3 Å². The fourth-order valence-corrected chi connectivity index (χ4v) is 2.94. The molecular formula is C25H38N4O7. The number of carbonyl (C=O) groups is 5. The number of alkyl carbamates (subject to hydrolysis) is 2. The highest BCUT2D eigenvalue weighted by molar-refractivity contribution is 5.92. The molecule has 1 aromatic carbocycles. The van der Waals surface area contributed by atoms with Crippen LogP contribution in [0.1, 0.15) is 53.5 Å². The lowest BCUT2D eigenvalue weighted by molar-refractivity contribution is -0.129. The van der Waals surface area contributed by atoms with E-state index in [1.807, 2.05) is 44.2 Å². The summed E-state index contributed by atoms with van der Waals surface area (Å²) in [6.07, 6.45) is -1.16. The maximum atomic E-state index is 12.7. The van der Waals surface area contributed by atoms with Gasteiger partial charge in [-0.1, -0.05) is 44.2 Å². The molecule has 0 bridgehead atoms. The summed E-state index contributed by atoms with van der Waals surface area (Å²) in [6.45, 7) is 9.59. The van der Waals surface area contributed by atoms with Crippen molar-refractivity contribution >= 4 is 29.8 Å². The van der Waals surface area contributed by atoms with E-state index in [2.05, 4.69) is 21.3 Å². The van der Waals surface area contributed by atoms with Crippen LogP contribution in [0, 0.1) is 5.92 Å². The molecule has 2 atom stereocenters. The molecule has 0 radical (unpaired) electrons. The van der Waals surface area contributed by atoms with E-state index in [-0.39, 0.29) is 24.9 Å². The topological polar surface area (TPSA) is 152 Å². The summed E-state index contributed by atoms with van der Waals surface area (Å²) in [4.78, 5) is 60.9. The van der Waals surface area contributed by atoms with Crippen LogP contribution in [-0.4, -0.2) is 60.6 Å². The molecule has 0 fully saturated rings. The number of rotatable bonds is 12. The Labute approximate surface area is 212 Å². The van der Waals surface area contributed by atoms with Crippen LogP contribution < -0.4 is 21.3 Å². The van der Waals surface area contributed by atoms with Gasteiger partial charge in [0.05, 0.1) is 6.54 Å². The number of hydrogen-bond acceptors (Lipinski definition) is 7. The van der Waals surface area contributed by atoms with E-state index in [1.54, 1.807) is 20.8 Å². The third-order valence-corrected chi connectivity index (χ3v) is 4.63. The molecule has 0 saturated carbocycles. The average Bonchev–Trinajstić information content (AvgIpc) is 2.77. The van der Waals surface area contributed by atoms with Gasteiger partial charge in [0.15, 0.2) is 5.78 Å². The molecule has 0 aliphatic rings. The van der Waals surface area contributed by atoms with Crippen LogP contribution in [-0.2, 0) is 30.5 Å². The maximum Gasteiger partial charge on any atom is 0.408 e. The second-order valence-electron chi connectivity index (χ2n) is 9.72. The number of hydrogen-bond donors (Lipinski definition) is 4. The summed E-state index contributed by atoms with van der Waals surface area (Å²) in [5, 5.41) is 9.89. The number of ether oxygens (including phenoxy) is 2. The first-order valence-corrected chi connectivity index (χ1v) is 11.8. The maximum absolute atomic E-state index is 12.7. The highest BCUT2D eigenvalue weighted by Gasteiger charge is 2.25. The fraction of sp³-hybridized carbons (Fsp3) is 0.560. The second kappa shape index (κ2) is 14.7. The Morgan fingerprint density at radius 2 is 1.53 bits per heavy atom. The smallest absolute Gasteiger partial charge is 0.408 e. The van der Waals surface area contributed by atoms with E-state index in [0.29, 0.717) is 6.42 Å². The van der Waals surface area contributed by atoms with E-state index >= 15 is 0 Å². The van der Waals surface area contributed by atoms with Crippen molar-refractivity contribution in [2.24, 2.45) is 5.92 Å². The van der Waals surface area contributed by atoms with E-state index < -0.39 is 48.2 Å². The first kappa shape index (κ1) is 30.4. The van der Waals surface area contributed by atoms with Crippen LogP contribution >= 0.6 is 0 Å². The molecule has 11 heteroatoms. The number of ketones is 1. The molecule has 0 heterocycles. The summed E-state index contributed by atoms with van der Waals surface area (Å²) in [5.41, 5.74) is 0.0908. The van der Waals surface area contributed by atoms with Crippen molar-refractivity contribution in [3.05, 3.63) is 35.9 Å². The third-order valence-electron chi connectivity index (χ3n) is 4.63. The Bertz CT molecular complexity index is 897. The molecule has 11 nitrogen and oxygen atoms in total. The lowest BCUT2D eigenvalue weighted by atomic mass is 10.0. The SMILES string of the molecule is CC(=O)C(CNC(=O)OC(C)(C)C)NC(=O)CNC(=O)C(CC(C)C)NC(=O)OCc1ccccc1. The van der Waals surface area contributed by atoms with Gasteiger partial charge in [-0.05, 0) is 45.6 Å². The van der Waals surface area contributed by atoms with Crippen molar-refractivity contribution in [1.82, 2.24) is 21.3 Å². The predicted molar refractivity (Wildman–Crippen MR) is 133 cm³/mol. The highest BCUT2D eigenvalue weighted by atomic mass is 16.6. The molecule has 4 amide bonds. The normalized spacial score (nSPS) is 12.6. The standard InChI is InChI=1S/C25H38N4O7/c1-16(2)12-19(29-24(34)35-15-18-10-8-7-9-11-18)22(32)26-14-21(31)28-20(17(3)30)13-27-23(33)36-25(4,5)6/h7-11,16,19-20H,12-15H2,1-6H3,(H,26,32)(H,27,33)(H,28,31)(H,29,34). The van der Waals surface area contributed by atoms with Crippen molar-refractivity contribution < 1.29 is 33.4 Å². The van der Waals surface area contributed by atoms with Gasteiger partial charge >= 0.3 is 12.2 Å². The molecule has 36 heavy (non-hydrogen) atoms. The van der Waals surface area contributed by atoms with Gasteiger partial charge in [0.25, 0.3) is 0 Å². The van der Waals surface area contributed by atoms with Gasteiger partial charge in [0.1, 0.15) is 24.3 Å². The molecule has 0 spiro atoms. The molecule has 0 aromatic heterocycles. The van der Waals surface area contributed by atoms with E-state index in [9.17, 15) is 24.0 Å². The zero-order chi connectivity index (χ0) is 27.3. The summed E-state index contributed by atoms with van der Waals surface area (Å²) >= 11 is 0. The Hall–Kier alpha value is -3.63. The second-order valence-corrected chi connectivity index (χ2v) is 9.72. The summed E-state index contributed by atoms with van der Waals surface area (Å²) in [7, 11) is 0. The molecule has 0 aliphatic carbocycles. The zero-order valence-corrected chi connectivity index (χ0v) is 21.8. The van der Waals surface area contributed by atoms with Crippen LogP contribution in [0.25, 0.3) is 0 Å². The van der Waals surface area contributed by atoms with Crippen LogP contribution in [0.4, 0.5) is 9.59 Å². The van der Waals surface area contributed by atoms with Gasteiger partial charge < -0.3 is 30.7 Å². The minimum Gasteiger partial charge on any atom is -0.445 e. The first-order chi connectivity index (χ1) is 16.8. The Balaban J connectivity index is 2.57.